The summed E-state index contributed by atoms with van der Waals surface area (Å²) in [5.74, 6) is -3.59. The number of likely N-dealkylation sites (N-methyl/N-ethyl adjacent to an activating group) is 1. The minimum Gasteiger partial charge on any atom is -0.357 e. The van der Waals surface area contributed by atoms with E-state index in [2.05, 4.69) is 15.6 Å². The first-order chi connectivity index (χ1) is 15.1. The molecule has 1 aromatic heterocycles. The number of hydrogen-bond donors (Lipinski definition) is 2. The molecule has 2 rings (SSSR count). The molecule has 0 saturated heterocycles. The van der Waals surface area contributed by atoms with Crippen molar-refractivity contribution in [3.05, 3.63) is 29.8 Å². The summed E-state index contributed by atoms with van der Waals surface area (Å²) < 4.78 is 39.4. The van der Waals surface area contributed by atoms with E-state index in [1.807, 2.05) is 6.92 Å². The van der Waals surface area contributed by atoms with E-state index < -0.39 is 65.0 Å². The van der Waals surface area contributed by atoms with Gasteiger partial charge in [0.25, 0.3) is 12.3 Å². The molecule has 0 spiro atoms. The molecule has 1 aromatic rings. The number of hydrogen-bond acceptors (Lipinski definition) is 5. The van der Waals surface area contributed by atoms with Gasteiger partial charge in [0.1, 0.15) is 12.1 Å². The molecule has 1 heterocycles. The van der Waals surface area contributed by atoms with Gasteiger partial charge in [-0.25, -0.2) is 18.2 Å². The number of amides is 3. The molecule has 11 heteroatoms. The predicted molar refractivity (Wildman–Crippen MR) is 116 cm³/mol. The van der Waals surface area contributed by atoms with Crippen molar-refractivity contribution in [1.29, 1.82) is 0 Å². The molecule has 2 N–H and O–H groups in total. The zero-order valence-corrected chi connectivity index (χ0v) is 19.3. The van der Waals surface area contributed by atoms with E-state index in [4.69, 9.17) is 0 Å². The number of carbonyl (C=O) groups is 3. The molecule has 3 atom stereocenters. The van der Waals surface area contributed by atoms with Crippen LogP contribution < -0.4 is 10.6 Å². The monoisotopic (exact) mass is 474 g/mol. The van der Waals surface area contributed by atoms with E-state index >= 15 is 0 Å². The molecule has 0 bridgehead atoms. The third-order valence-corrected chi connectivity index (χ3v) is 7.24. The lowest BCUT2D eigenvalue weighted by Crippen LogP contribution is -2.63. The lowest BCUT2D eigenvalue weighted by molar-refractivity contribution is -0.133. The molecule has 1 fully saturated rings. The van der Waals surface area contributed by atoms with Gasteiger partial charge in [-0.3, -0.25) is 14.4 Å². The molecule has 1 aliphatic rings. The van der Waals surface area contributed by atoms with E-state index in [1.165, 1.54) is 31.1 Å². The fraction of sp³-hybridized carbons (Fsp3) is 0.619. The van der Waals surface area contributed by atoms with Crippen LogP contribution in [-0.4, -0.2) is 70.7 Å². The van der Waals surface area contributed by atoms with Crippen molar-refractivity contribution >= 4 is 29.5 Å². The second-order valence-electron chi connectivity index (χ2n) is 7.80. The Morgan fingerprint density at radius 1 is 1.28 bits per heavy atom. The summed E-state index contributed by atoms with van der Waals surface area (Å²) in [7, 11) is 1.40. The summed E-state index contributed by atoms with van der Waals surface area (Å²) in [5, 5.41) is 4.70. The minimum absolute atomic E-state index is 0.409. The van der Waals surface area contributed by atoms with Crippen LogP contribution >= 0.6 is 11.8 Å². The van der Waals surface area contributed by atoms with Crippen LogP contribution in [0.15, 0.2) is 18.3 Å². The third kappa shape index (κ3) is 5.54. The number of rotatable bonds is 11. The predicted octanol–water partition coefficient (Wildman–Crippen LogP) is 2.47. The van der Waals surface area contributed by atoms with Crippen LogP contribution in [0.25, 0.3) is 0 Å². The summed E-state index contributed by atoms with van der Waals surface area (Å²) >= 11 is 1.32. The van der Waals surface area contributed by atoms with Crippen LogP contribution in [0.4, 0.5) is 13.2 Å². The molecule has 0 radical (unpaired) electrons. The van der Waals surface area contributed by atoms with E-state index in [9.17, 15) is 27.6 Å². The van der Waals surface area contributed by atoms with Crippen LogP contribution in [0, 0.1) is 11.7 Å². The van der Waals surface area contributed by atoms with Crippen molar-refractivity contribution in [3.63, 3.8) is 0 Å². The molecule has 0 aromatic carbocycles. The number of carbonyl (C=O) groups excluding carboxylic acids is 3. The maximum absolute atomic E-state index is 14.5. The lowest BCUT2D eigenvalue weighted by atomic mass is 9.93. The summed E-state index contributed by atoms with van der Waals surface area (Å²) in [4.78, 5) is 44.6. The summed E-state index contributed by atoms with van der Waals surface area (Å²) in [6, 6.07) is -0.0187. The summed E-state index contributed by atoms with van der Waals surface area (Å²) in [6.07, 6.45) is 1.75. The van der Waals surface area contributed by atoms with Crippen molar-refractivity contribution in [2.75, 3.05) is 19.8 Å². The highest BCUT2D eigenvalue weighted by Crippen LogP contribution is 2.52. The van der Waals surface area contributed by atoms with Crippen LogP contribution in [0.5, 0.6) is 0 Å². The lowest BCUT2D eigenvalue weighted by Gasteiger charge is -2.42. The van der Waals surface area contributed by atoms with Crippen molar-refractivity contribution in [1.82, 2.24) is 20.5 Å². The molecule has 1 saturated carbocycles. The van der Waals surface area contributed by atoms with Gasteiger partial charge in [0.15, 0.2) is 11.5 Å². The normalized spacial score (nSPS) is 17.2. The third-order valence-electron chi connectivity index (χ3n) is 5.80. The molecule has 3 amide bonds. The average molecular weight is 475 g/mol. The summed E-state index contributed by atoms with van der Waals surface area (Å²) in [5.41, 5.74) is -0.534. The molecular formula is C21H29F3N4O3S. The minimum atomic E-state index is -2.79. The number of halogens is 3. The number of alkyl halides is 2. The van der Waals surface area contributed by atoms with Crippen molar-refractivity contribution < 1.29 is 27.6 Å². The number of nitrogens with one attached hydrogen (secondary N) is 2. The first-order valence-corrected chi connectivity index (χ1v) is 11.6. The van der Waals surface area contributed by atoms with E-state index in [-0.39, 0.29) is 0 Å². The van der Waals surface area contributed by atoms with Crippen LogP contribution in [0.2, 0.25) is 0 Å². The Labute approximate surface area is 189 Å². The van der Waals surface area contributed by atoms with Crippen LogP contribution in [0.1, 0.15) is 43.6 Å². The molecule has 1 aliphatic carbocycles. The second-order valence-corrected chi connectivity index (χ2v) is 9.02. The second kappa shape index (κ2) is 11.0. The number of thioether (sulfide) groups is 1. The van der Waals surface area contributed by atoms with Gasteiger partial charge >= 0.3 is 0 Å². The standard InChI is InChI=1S/C21H29F3N4O3S/c1-5-12(2)16(18(29)25-3)28(20(31)15-13(22)7-6-10-26-15)17(21(32-4)8-9-21)19(30)27-11-14(23)24/h6-7,10,12,14,16-17H,5,8-9,11H2,1-4H3,(H,25,29)(H,27,30)/t12-,16-,17?/m0/s1. The number of nitrogens with zero attached hydrogens (tertiary/aromatic N) is 2. The molecule has 178 valence electrons. The highest BCUT2D eigenvalue weighted by molar-refractivity contribution is 8.00. The van der Waals surface area contributed by atoms with Gasteiger partial charge in [0, 0.05) is 18.0 Å². The number of pyridine rings is 1. The van der Waals surface area contributed by atoms with Crippen molar-refractivity contribution in [2.45, 2.75) is 56.4 Å². The SMILES string of the molecule is CC[C@H](C)[C@@H](C(=O)NC)N(C(=O)c1ncccc1F)C(C(=O)NCC(F)F)C1(SC)CC1. The van der Waals surface area contributed by atoms with Crippen molar-refractivity contribution in [2.24, 2.45) is 5.92 Å². The highest BCUT2D eigenvalue weighted by Gasteiger charge is 2.58. The zero-order valence-electron chi connectivity index (χ0n) is 18.5. The topological polar surface area (TPSA) is 91.4 Å². The quantitative estimate of drug-likeness (QED) is 0.514. The Kier molecular flexibility index (Phi) is 8.94. The van der Waals surface area contributed by atoms with Gasteiger partial charge in [-0.15, -0.1) is 0 Å². The first-order valence-electron chi connectivity index (χ1n) is 10.4. The van der Waals surface area contributed by atoms with E-state index in [0.29, 0.717) is 19.3 Å². The Morgan fingerprint density at radius 2 is 1.94 bits per heavy atom. The Balaban J connectivity index is 2.67. The van der Waals surface area contributed by atoms with Crippen molar-refractivity contribution in [3.8, 4) is 0 Å². The van der Waals surface area contributed by atoms with Gasteiger partial charge < -0.3 is 15.5 Å². The fourth-order valence-corrected chi connectivity index (χ4v) is 4.66. The highest BCUT2D eigenvalue weighted by atomic mass is 32.2. The smallest absolute Gasteiger partial charge is 0.276 e. The maximum Gasteiger partial charge on any atom is 0.276 e. The Bertz CT molecular complexity index is 838. The van der Waals surface area contributed by atoms with Crippen LogP contribution in [0.3, 0.4) is 0 Å². The van der Waals surface area contributed by atoms with Gasteiger partial charge in [0.2, 0.25) is 11.8 Å². The molecule has 0 aliphatic heterocycles. The van der Waals surface area contributed by atoms with Gasteiger partial charge in [-0.05, 0) is 37.1 Å². The molecule has 7 nitrogen and oxygen atoms in total. The largest absolute Gasteiger partial charge is 0.357 e. The van der Waals surface area contributed by atoms with E-state index in [1.54, 1.807) is 13.2 Å². The molecule has 32 heavy (non-hydrogen) atoms. The summed E-state index contributed by atoms with van der Waals surface area (Å²) in [6.45, 7) is 2.66. The Morgan fingerprint density at radius 3 is 2.41 bits per heavy atom. The fourth-order valence-electron chi connectivity index (χ4n) is 3.71. The first kappa shape index (κ1) is 26.0. The number of aromatic nitrogens is 1. The molecule has 1 unspecified atom stereocenters. The Hall–Kier alpha value is -2.30. The maximum atomic E-state index is 14.5. The zero-order chi connectivity index (χ0) is 24.1. The van der Waals surface area contributed by atoms with Gasteiger partial charge in [0.05, 0.1) is 6.54 Å². The van der Waals surface area contributed by atoms with Gasteiger partial charge in [-0.2, -0.15) is 11.8 Å². The van der Waals surface area contributed by atoms with Crippen LogP contribution in [-0.2, 0) is 9.59 Å². The average Bonchev–Trinajstić information content (AvgIpc) is 3.57. The van der Waals surface area contributed by atoms with E-state index in [0.717, 1.165) is 11.0 Å². The molecular weight excluding hydrogens is 445 g/mol. The van der Waals surface area contributed by atoms with Gasteiger partial charge in [-0.1, -0.05) is 20.3 Å².